The summed E-state index contributed by atoms with van der Waals surface area (Å²) in [5.74, 6) is -1.42. The average Bonchev–Trinajstić information content (AvgIpc) is 2.72. The van der Waals surface area contributed by atoms with Gasteiger partial charge in [0.2, 0.25) is 0 Å². The average molecular weight is 419 g/mol. The van der Waals surface area contributed by atoms with Gasteiger partial charge in [0.05, 0.1) is 0 Å². The summed E-state index contributed by atoms with van der Waals surface area (Å²) in [5.41, 5.74) is 3.13. The normalized spacial score (nSPS) is 18.5. The van der Waals surface area contributed by atoms with Crippen LogP contribution in [0.1, 0.15) is 34.8 Å². The topological polar surface area (TPSA) is 23.6 Å². The number of carbonyl (C=O) groups is 1. The number of ketones is 1. The number of fused-ring (bicyclic) bond motifs is 1. The van der Waals surface area contributed by atoms with Crippen molar-refractivity contribution in [3.63, 3.8) is 0 Å². The molecule has 1 aliphatic heterocycles. The fourth-order valence-electron chi connectivity index (χ4n) is 4.04. The van der Waals surface area contributed by atoms with Gasteiger partial charge in [-0.25, -0.2) is 8.78 Å². The molecule has 4 rings (SSSR count). The molecule has 2 aromatic rings. The monoisotopic (exact) mass is 418 g/mol. The van der Waals surface area contributed by atoms with Crippen LogP contribution in [0.25, 0.3) is 6.08 Å². The molecule has 0 spiro atoms. The number of anilines is 1. The van der Waals surface area contributed by atoms with E-state index in [1.54, 1.807) is 0 Å². The van der Waals surface area contributed by atoms with Gasteiger partial charge >= 0.3 is 0 Å². The zero-order valence-corrected chi connectivity index (χ0v) is 17.3. The number of piperazine rings is 1. The Morgan fingerprint density at radius 2 is 1.69 bits per heavy atom. The van der Waals surface area contributed by atoms with Gasteiger partial charge in [-0.2, -0.15) is 0 Å². The third kappa shape index (κ3) is 4.36. The van der Waals surface area contributed by atoms with Crippen molar-refractivity contribution in [2.45, 2.75) is 19.8 Å². The molecule has 6 heteroatoms. The first kappa shape index (κ1) is 21.5. The van der Waals surface area contributed by atoms with Crippen LogP contribution >= 0.6 is 12.4 Å². The van der Waals surface area contributed by atoms with Crippen LogP contribution in [0.15, 0.2) is 42.0 Å². The lowest BCUT2D eigenvalue weighted by Gasteiger charge is -2.36. The highest BCUT2D eigenvalue weighted by atomic mass is 35.5. The Kier molecular flexibility index (Phi) is 6.70. The van der Waals surface area contributed by atoms with Crippen LogP contribution in [-0.4, -0.2) is 43.4 Å². The van der Waals surface area contributed by atoms with Gasteiger partial charge in [0, 0.05) is 48.6 Å². The number of benzene rings is 2. The number of aryl methyl sites for hydroxylation is 1. The van der Waals surface area contributed by atoms with Gasteiger partial charge in [-0.15, -0.1) is 12.4 Å². The number of carbonyl (C=O) groups excluding carboxylic acids is 1. The van der Waals surface area contributed by atoms with E-state index in [0.717, 1.165) is 44.0 Å². The van der Waals surface area contributed by atoms with Crippen molar-refractivity contribution in [2.24, 2.45) is 0 Å². The first-order valence-electron chi connectivity index (χ1n) is 9.86. The molecule has 1 fully saturated rings. The zero-order valence-electron chi connectivity index (χ0n) is 16.5. The van der Waals surface area contributed by atoms with E-state index in [1.165, 1.54) is 24.3 Å². The molecular weight excluding hydrogens is 394 g/mol. The Morgan fingerprint density at radius 3 is 2.34 bits per heavy atom. The Labute approximate surface area is 176 Å². The van der Waals surface area contributed by atoms with Crippen molar-refractivity contribution >= 4 is 30.0 Å². The predicted molar refractivity (Wildman–Crippen MR) is 115 cm³/mol. The third-order valence-electron chi connectivity index (χ3n) is 5.79. The van der Waals surface area contributed by atoms with Gasteiger partial charge in [-0.05, 0) is 61.4 Å². The molecule has 0 unspecified atom stereocenters. The van der Waals surface area contributed by atoms with Crippen LogP contribution in [0.4, 0.5) is 14.5 Å². The second-order valence-electron chi connectivity index (χ2n) is 7.40. The minimum atomic E-state index is -0.646. The minimum absolute atomic E-state index is 0. The summed E-state index contributed by atoms with van der Waals surface area (Å²) in [6, 6.07) is 9.71. The van der Waals surface area contributed by atoms with E-state index >= 15 is 0 Å². The standard InChI is InChI=1S/C23H24F2N2O.ClH/c1-2-26-10-12-27(13-11-26)18-8-9-19-16(14-18)6-7-17(23(19)28)15-20-21(24)4-3-5-22(20)25;/h3-5,8-9,14-15H,2,6-7,10-13H2,1H3;1H/b17-15+;. The third-order valence-corrected chi connectivity index (χ3v) is 5.79. The lowest BCUT2D eigenvalue weighted by Crippen LogP contribution is -2.46. The number of hydrogen-bond donors (Lipinski definition) is 0. The number of Topliss-reactive ketones (excluding diaryl/α,β-unsaturated/α-hetero) is 1. The maximum atomic E-state index is 13.9. The Balaban J connectivity index is 0.00000240. The first-order valence-corrected chi connectivity index (χ1v) is 9.86. The molecule has 1 heterocycles. The van der Waals surface area contributed by atoms with Crippen molar-refractivity contribution in [3.05, 3.63) is 70.3 Å². The molecule has 0 bridgehead atoms. The molecule has 1 aliphatic carbocycles. The molecule has 0 saturated carbocycles. The molecule has 1 saturated heterocycles. The van der Waals surface area contributed by atoms with Gasteiger partial charge in [0.1, 0.15) is 11.6 Å². The van der Waals surface area contributed by atoms with Gasteiger partial charge in [-0.1, -0.05) is 13.0 Å². The van der Waals surface area contributed by atoms with Crippen LogP contribution in [0.2, 0.25) is 0 Å². The van der Waals surface area contributed by atoms with Crippen LogP contribution in [0.3, 0.4) is 0 Å². The molecule has 2 aliphatic rings. The van der Waals surface area contributed by atoms with Crippen molar-refractivity contribution in [1.29, 1.82) is 0 Å². The highest BCUT2D eigenvalue weighted by Crippen LogP contribution is 2.31. The lowest BCUT2D eigenvalue weighted by atomic mass is 9.85. The van der Waals surface area contributed by atoms with E-state index in [2.05, 4.69) is 22.8 Å². The molecule has 154 valence electrons. The van der Waals surface area contributed by atoms with Crippen LogP contribution < -0.4 is 4.90 Å². The van der Waals surface area contributed by atoms with E-state index < -0.39 is 11.6 Å². The van der Waals surface area contributed by atoms with Gasteiger partial charge in [0.25, 0.3) is 0 Å². The Hall–Kier alpha value is -2.24. The minimum Gasteiger partial charge on any atom is -0.369 e. The van der Waals surface area contributed by atoms with Crippen LogP contribution in [0, 0.1) is 11.6 Å². The summed E-state index contributed by atoms with van der Waals surface area (Å²) in [7, 11) is 0. The fraction of sp³-hybridized carbons (Fsp3) is 0.348. The van der Waals surface area contributed by atoms with E-state index in [-0.39, 0.29) is 23.8 Å². The van der Waals surface area contributed by atoms with E-state index in [4.69, 9.17) is 0 Å². The zero-order chi connectivity index (χ0) is 19.7. The molecule has 0 N–H and O–H groups in total. The van der Waals surface area contributed by atoms with Crippen molar-refractivity contribution in [2.75, 3.05) is 37.6 Å². The molecule has 3 nitrogen and oxygen atoms in total. The summed E-state index contributed by atoms with van der Waals surface area (Å²) in [5, 5.41) is 0. The largest absolute Gasteiger partial charge is 0.369 e. The molecule has 29 heavy (non-hydrogen) atoms. The van der Waals surface area contributed by atoms with Crippen molar-refractivity contribution < 1.29 is 13.6 Å². The number of rotatable bonds is 3. The van der Waals surface area contributed by atoms with Crippen molar-refractivity contribution in [1.82, 2.24) is 4.90 Å². The first-order chi connectivity index (χ1) is 13.6. The number of hydrogen-bond acceptors (Lipinski definition) is 3. The molecular formula is C23H25ClF2N2O. The SMILES string of the molecule is CCN1CCN(c2ccc3c(c2)CC/C(=C\c2c(F)cccc2F)C3=O)CC1.Cl. The summed E-state index contributed by atoms with van der Waals surface area (Å²) in [6.45, 7) is 7.32. The lowest BCUT2D eigenvalue weighted by molar-refractivity contribution is 0.102. The Bertz CT molecular complexity index is 916. The second-order valence-corrected chi connectivity index (χ2v) is 7.40. The van der Waals surface area contributed by atoms with Crippen molar-refractivity contribution in [3.8, 4) is 0 Å². The number of allylic oxidation sites excluding steroid dienone is 1. The molecule has 0 atom stereocenters. The Morgan fingerprint density at radius 1 is 1.00 bits per heavy atom. The molecule has 2 aromatic carbocycles. The summed E-state index contributed by atoms with van der Waals surface area (Å²) in [4.78, 5) is 17.7. The molecule has 0 amide bonds. The number of likely N-dealkylation sites (N-methyl/N-ethyl adjacent to an activating group) is 1. The second kappa shape index (κ2) is 9.06. The number of halogens is 3. The van der Waals surface area contributed by atoms with Crippen LogP contribution in [0.5, 0.6) is 0 Å². The maximum Gasteiger partial charge on any atom is 0.189 e. The highest BCUT2D eigenvalue weighted by Gasteiger charge is 2.24. The van der Waals surface area contributed by atoms with Gasteiger partial charge in [0.15, 0.2) is 5.78 Å². The highest BCUT2D eigenvalue weighted by molar-refractivity contribution is 6.13. The quantitative estimate of drug-likeness (QED) is 0.672. The van der Waals surface area contributed by atoms with Gasteiger partial charge < -0.3 is 9.80 Å². The van der Waals surface area contributed by atoms with E-state index in [1.807, 2.05) is 12.1 Å². The number of nitrogens with zero attached hydrogens (tertiary/aromatic N) is 2. The van der Waals surface area contributed by atoms with Crippen LogP contribution in [-0.2, 0) is 6.42 Å². The summed E-state index contributed by atoms with van der Waals surface area (Å²) >= 11 is 0. The fourth-order valence-corrected chi connectivity index (χ4v) is 4.04. The van der Waals surface area contributed by atoms with Gasteiger partial charge in [-0.3, -0.25) is 4.79 Å². The van der Waals surface area contributed by atoms with E-state index in [9.17, 15) is 13.6 Å². The molecule has 0 radical (unpaired) electrons. The smallest absolute Gasteiger partial charge is 0.189 e. The summed E-state index contributed by atoms with van der Waals surface area (Å²) in [6.07, 6.45) is 2.56. The van der Waals surface area contributed by atoms with E-state index in [0.29, 0.717) is 24.0 Å². The maximum absolute atomic E-state index is 13.9. The predicted octanol–water partition coefficient (Wildman–Crippen LogP) is 4.74. The summed E-state index contributed by atoms with van der Waals surface area (Å²) < 4.78 is 27.9. The molecule has 0 aromatic heterocycles.